The predicted molar refractivity (Wildman–Crippen MR) is 320 cm³/mol. The lowest BCUT2D eigenvalue weighted by molar-refractivity contribution is 0.574. The van der Waals surface area contributed by atoms with Gasteiger partial charge < -0.3 is 19.2 Å². The van der Waals surface area contributed by atoms with Gasteiger partial charge in [0.25, 0.3) is 0 Å². The van der Waals surface area contributed by atoms with Crippen LogP contribution >= 0.6 is 0 Å². The van der Waals surface area contributed by atoms with Crippen molar-refractivity contribution in [3.63, 3.8) is 0 Å². The van der Waals surface area contributed by atoms with Gasteiger partial charge >= 0.3 is 14.0 Å². The number of benzene rings is 7. The number of hydrogen-bond donors (Lipinski definition) is 0. The molecule has 0 fully saturated rings. The topological polar surface area (TPSA) is 13.0 Å². The van der Waals surface area contributed by atoms with Crippen molar-refractivity contribution >= 4 is 70.4 Å². The van der Waals surface area contributed by atoms with Gasteiger partial charge in [-0.05, 0) is 187 Å². The molecule has 0 atom stereocenters. The third-order valence-electron chi connectivity index (χ3n) is 18.9. The Kier molecular flexibility index (Phi) is 9.27. The molecule has 0 amide bonds. The van der Waals surface area contributed by atoms with Gasteiger partial charge in [-0.3, -0.25) is 0 Å². The van der Waals surface area contributed by atoms with Crippen LogP contribution < -0.4 is 30.2 Å². The average Bonchev–Trinajstić information content (AvgIpc) is 3.84. The van der Waals surface area contributed by atoms with Gasteiger partial charge in [-0.1, -0.05) is 159 Å². The van der Waals surface area contributed by atoms with E-state index in [1.165, 1.54) is 145 Å². The van der Waals surface area contributed by atoms with Crippen LogP contribution in [0.15, 0.2) is 97.1 Å². The van der Waals surface area contributed by atoms with E-state index in [1.54, 1.807) is 0 Å². The summed E-state index contributed by atoms with van der Waals surface area (Å²) in [6, 6.07) is 40.5. The predicted octanol–water partition coefficient (Wildman–Crippen LogP) is 16.7. The molecule has 6 aliphatic heterocycles. The van der Waals surface area contributed by atoms with E-state index in [1.807, 2.05) is 0 Å². The van der Waals surface area contributed by atoms with E-state index < -0.39 is 0 Å². The fourth-order valence-electron chi connectivity index (χ4n) is 13.9. The number of anilines is 8. The maximum atomic E-state index is 2.77. The molecule has 74 heavy (non-hydrogen) atoms. The molecule has 0 aliphatic carbocycles. The quantitative estimate of drug-likeness (QED) is 0.140. The van der Waals surface area contributed by atoms with Gasteiger partial charge in [-0.15, -0.1) is 0 Å². The minimum atomic E-state index is -0.230. The van der Waals surface area contributed by atoms with E-state index >= 15 is 0 Å². The van der Waals surface area contributed by atoms with Crippen molar-refractivity contribution in [3.05, 3.63) is 164 Å². The SMILES string of the molecule is Cc1cc2c(cc1C)N1B(c3cc4c(cc3-2)B2N(c3cc(C)c(C)cc3-4)c3cc(C(C)(C)C)cc4c3N2c2ccc(C(C)(C)C)cc2C4(C)C)N2c3ccc(C(C)(C)C)cc3C(C)(C)c3cc(C(C)(C)C)cc1c32. The van der Waals surface area contributed by atoms with Gasteiger partial charge in [0.1, 0.15) is 0 Å². The van der Waals surface area contributed by atoms with Crippen LogP contribution in [0.25, 0.3) is 22.3 Å². The number of nitrogens with zero attached hydrogens (tertiary/aromatic N) is 4. The summed E-state index contributed by atoms with van der Waals surface area (Å²) in [4.78, 5) is 11.0. The molecule has 6 heteroatoms. The standard InChI is InChI=1S/C68H76B2N4/c1-37-25-47-45-35-54-46(36-53(45)69-71(57(47)27-39(37)3)59-33-43(65(11,12)13)31-51-61(59)73(69)55-23-21-41(63(5,6)7)29-49(55)67(51,17)18)48-26-38(2)40(4)28-58(48)72-60-34-44(66(14,15)16)32-52-62(60)74(70(54)72)56-24-22-42(64(8,9)10)30-50(56)68(52,19)20/h21-36H,1-20H3. The first-order chi connectivity index (χ1) is 34.4. The minimum absolute atomic E-state index is 0.0118. The highest BCUT2D eigenvalue weighted by Gasteiger charge is 2.57. The fraction of sp³-hybridized carbons (Fsp3) is 0.382. The van der Waals surface area contributed by atoms with Crippen LogP contribution in [0.4, 0.5) is 45.5 Å². The lowest BCUT2D eigenvalue weighted by atomic mass is 9.53. The molecule has 6 heterocycles. The van der Waals surface area contributed by atoms with Gasteiger partial charge in [0.15, 0.2) is 0 Å². The van der Waals surface area contributed by atoms with Crippen molar-refractivity contribution in [2.45, 2.75) is 171 Å². The monoisotopic (exact) mass is 971 g/mol. The number of fused-ring (bicyclic) bond motifs is 20. The summed E-state index contributed by atoms with van der Waals surface area (Å²) < 4.78 is 0. The molecule has 0 saturated heterocycles. The summed E-state index contributed by atoms with van der Waals surface area (Å²) in [5.74, 6) is 0. The van der Waals surface area contributed by atoms with E-state index in [2.05, 4.69) is 255 Å². The molecule has 0 bridgehead atoms. The molecule has 6 aliphatic rings. The van der Waals surface area contributed by atoms with Gasteiger partial charge in [0.05, 0.1) is 22.7 Å². The van der Waals surface area contributed by atoms with Crippen LogP contribution in [0.1, 0.15) is 178 Å². The third kappa shape index (κ3) is 6.17. The zero-order chi connectivity index (χ0) is 52.8. The van der Waals surface area contributed by atoms with Gasteiger partial charge in [-0.25, -0.2) is 0 Å². The first-order valence-corrected chi connectivity index (χ1v) is 27.6. The Bertz CT molecular complexity index is 3450. The summed E-state index contributed by atoms with van der Waals surface area (Å²) in [6.45, 7) is 47.4. The molecule has 0 aromatic heterocycles. The Hall–Kier alpha value is -6.13. The lowest BCUT2D eigenvalue weighted by Crippen LogP contribution is -2.60. The zero-order valence-electron chi connectivity index (χ0n) is 48.2. The van der Waals surface area contributed by atoms with Crippen LogP contribution in [0, 0.1) is 27.7 Å². The van der Waals surface area contributed by atoms with Gasteiger partial charge in [0.2, 0.25) is 0 Å². The minimum Gasteiger partial charge on any atom is -0.359 e. The number of aryl methyl sites for hydroxylation is 4. The molecular formula is C68H76B2N4. The van der Waals surface area contributed by atoms with Crippen LogP contribution in [0.2, 0.25) is 0 Å². The molecule has 13 rings (SSSR count). The molecule has 7 aromatic rings. The molecular weight excluding hydrogens is 894 g/mol. The summed E-state index contributed by atoms with van der Waals surface area (Å²) in [7, 11) is 0. The third-order valence-corrected chi connectivity index (χ3v) is 18.9. The second-order valence-corrected chi connectivity index (χ2v) is 28.7. The van der Waals surface area contributed by atoms with Crippen molar-refractivity contribution in [2.75, 3.05) is 19.2 Å². The Morgan fingerprint density at radius 2 is 0.635 bits per heavy atom. The smallest absolute Gasteiger partial charge is 0.359 e. The molecule has 0 N–H and O–H groups in total. The van der Waals surface area contributed by atoms with Crippen molar-refractivity contribution < 1.29 is 0 Å². The summed E-state index contributed by atoms with van der Waals surface area (Å²) in [5, 5.41) is 0. The van der Waals surface area contributed by atoms with Crippen LogP contribution in [-0.2, 0) is 32.5 Å². The molecule has 0 spiro atoms. The summed E-state index contributed by atoms with van der Waals surface area (Å²) in [5.41, 5.74) is 34.5. The van der Waals surface area contributed by atoms with Gasteiger partial charge in [-0.2, -0.15) is 0 Å². The highest BCUT2D eigenvalue weighted by molar-refractivity contribution is 6.89. The van der Waals surface area contributed by atoms with Crippen molar-refractivity contribution in [1.82, 2.24) is 0 Å². The second kappa shape index (κ2) is 14.4. The van der Waals surface area contributed by atoms with Crippen molar-refractivity contribution in [2.24, 2.45) is 0 Å². The van der Waals surface area contributed by atoms with E-state index in [0.29, 0.717) is 0 Å². The lowest BCUT2D eigenvalue weighted by Gasteiger charge is -2.45. The summed E-state index contributed by atoms with van der Waals surface area (Å²) in [6.07, 6.45) is 0. The Morgan fingerprint density at radius 3 is 0.973 bits per heavy atom. The molecule has 0 saturated carbocycles. The largest absolute Gasteiger partial charge is 0.421 e. The average molecular weight is 971 g/mol. The molecule has 7 aromatic carbocycles. The fourth-order valence-corrected chi connectivity index (χ4v) is 13.9. The van der Waals surface area contributed by atoms with Crippen molar-refractivity contribution in [1.29, 1.82) is 0 Å². The Labute approximate surface area is 444 Å². The molecule has 4 nitrogen and oxygen atoms in total. The molecule has 0 unspecified atom stereocenters. The Morgan fingerprint density at radius 1 is 0.311 bits per heavy atom. The number of rotatable bonds is 0. The first-order valence-electron chi connectivity index (χ1n) is 27.6. The Balaban J connectivity index is 1.14. The maximum absolute atomic E-state index is 2.77. The first kappa shape index (κ1) is 47.6. The van der Waals surface area contributed by atoms with E-state index in [-0.39, 0.29) is 46.5 Å². The number of hydrogen-bond acceptors (Lipinski definition) is 4. The highest BCUT2D eigenvalue weighted by Crippen LogP contribution is 2.63. The van der Waals surface area contributed by atoms with Crippen LogP contribution in [0.5, 0.6) is 0 Å². The highest BCUT2D eigenvalue weighted by atomic mass is 15.3. The molecule has 0 radical (unpaired) electrons. The van der Waals surface area contributed by atoms with E-state index in [9.17, 15) is 0 Å². The second-order valence-electron chi connectivity index (χ2n) is 28.7. The van der Waals surface area contributed by atoms with E-state index in [0.717, 1.165) is 0 Å². The zero-order valence-corrected chi connectivity index (χ0v) is 48.2. The summed E-state index contributed by atoms with van der Waals surface area (Å²) >= 11 is 0. The normalized spacial score (nSPS) is 17.0. The van der Waals surface area contributed by atoms with Crippen LogP contribution in [-0.4, -0.2) is 14.0 Å². The van der Waals surface area contributed by atoms with Crippen molar-refractivity contribution in [3.8, 4) is 22.3 Å². The maximum Gasteiger partial charge on any atom is 0.421 e. The van der Waals surface area contributed by atoms with E-state index in [4.69, 9.17) is 0 Å². The van der Waals surface area contributed by atoms with Gasteiger partial charge in [0, 0.05) is 44.7 Å². The van der Waals surface area contributed by atoms with Crippen LogP contribution in [0.3, 0.4) is 0 Å². The molecule has 374 valence electrons.